The summed E-state index contributed by atoms with van der Waals surface area (Å²) in [4.78, 5) is 28.8. The number of carboxylic acids is 1. The molecule has 0 saturated heterocycles. The number of benzene rings is 1. The van der Waals surface area contributed by atoms with E-state index in [4.69, 9.17) is 9.84 Å². The summed E-state index contributed by atoms with van der Waals surface area (Å²) in [5.41, 5.74) is 0.807. The van der Waals surface area contributed by atoms with Gasteiger partial charge in [-0.05, 0) is 44.4 Å². The highest BCUT2D eigenvalue weighted by atomic mass is 16.6. The zero-order valence-corrected chi connectivity index (χ0v) is 16.3. The van der Waals surface area contributed by atoms with Crippen molar-refractivity contribution in [3.63, 3.8) is 0 Å². The van der Waals surface area contributed by atoms with Gasteiger partial charge in [0.05, 0.1) is 12.6 Å². The molecule has 0 spiro atoms. The smallest absolute Gasteiger partial charge is 0.410 e. The van der Waals surface area contributed by atoms with Crippen LogP contribution in [-0.4, -0.2) is 50.9 Å². The van der Waals surface area contributed by atoms with Crippen LogP contribution in [-0.2, 0) is 11.2 Å². The maximum Gasteiger partial charge on any atom is 0.410 e. The molecule has 2 rings (SSSR count). The number of carbonyl (C=O) groups is 2. The average Bonchev–Trinajstić information content (AvgIpc) is 2.64. The fourth-order valence-electron chi connectivity index (χ4n) is 2.54. The molecular weight excluding hydrogens is 360 g/mol. The van der Waals surface area contributed by atoms with Gasteiger partial charge in [0, 0.05) is 12.7 Å². The quantitative estimate of drug-likeness (QED) is 0.757. The summed E-state index contributed by atoms with van der Waals surface area (Å²) >= 11 is 0. The zero-order valence-electron chi connectivity index (χ0n) is 16.3. The first-order chi connectivity index (χ1) is 13.2. The van der Waals surface area contributed by atoms with Crippen molar-refractivity contribution in [2.75, 3.05) is 13.1 Å². The van der Waals surface area contributed by atoms with Crippen LogP contribution in [0.4, 0.5) is 4.79 Å². The molecule has 150 valence electrons. The van der Waals surface area contributed by atoms with Gasteiger partial charge < -0.3 is 19.8 Å². The molecule has 1 heterocycles. The minimum atomic E-state index is -1.09. The Bertz CT molecular complexity index is 785. The molecule has 0 fully saturated rings. The van der Waals surface area contributed by atoms with E-state index in [0.29, 0.717) is 18.5 Å². The van der Waals surface area contributed by atoms with E-state index >= 15 is 0 Å². The van der Waals surface area contributed by atoms with E-state index in [1.807, 2.05) is 18.2 Å². The first-order valence-electron chi connectivity index (χ1n) is 9.05. The zero-order chi connectivity index (χ0) is 20.7. The Kier molecular flexibility index (Phi) is 7.12. The highest BCUT2D eigenvalue weighted by Crippen LogP contribution is 2.17. The number of aromatic carboxylic acids is 1. The maximum atomic E-state index is 12.6. The molecule has 2 N–H and O–H groups in total. The van der Waals surface area contributed by atoms with E-state index in [1.54, 1.807) is 39.0 Å². The van der Waals surface area contributed by atoms with Gasteiger partial charge in [-0.3, -0.25) is 0 Å². The van der Waals surface area contributed by atoms with Gasteiger partial charge in [0.25, 0.3) is 0 Å². The summed E-state index contributed by atoms with van der Waals surface area (Å²) in [7, 11) is 0. The largest absolute Gasteiger partial charge is 0.477 e. The third-order valence-corrected chi connectivity index (χ3v) is 3.94. The lowest BCUT2D eigenvalue weighted by molar-refractivity contribution is 0.0147. The van der Waals surface area contributed by atoms with Gasteiger partial charge in [0.1, 0.15) is 11.3 Å². The normalized spacial score (nSPS) is 12.3. The highest BCUT2D eigenvalue weighted by Gasteiger charge is 2.24. The maximum absolute atomic E-state index is 12.6. The summed E-state index contributed by atoms with van der Waals surface area (Å²) in [6, 6.07) is 12.2. The molecule has 0 radical (unpaired) electrons. The topological polar surface area (TPSA) is 100.0 Å². The van der Waals surface area contributed by atoms with Crippen LogP contribution < -0.4 is 0 Å². The fraction of sp³-hybridized carbons (Fsp3) is 0.381. The van der Waals surface area contributed by atoms with Crippen LogP contribution in [0.5, 0.6) is 0 Å². The second kappa shape index (κ2) is 9.32. The summed E-state index contributed by atoms with van der Waals surface area (Å²) in [6.07, 6.45) is 0.566. The molecule has 1 aromatic carbocycles. The molecule has 1 atom stereocenters. The third kappa shape index (κ3) is 6.66. The lowest BCUT2D eigenvalue weighted by atomic mass is 10.1. The molecule has 0 aliphatic rings. The molecule has 7 heteroatoms. The lowest BCUT2D eigenvalue weighted by Crippen LogP contribution is -2.40. The predicted octanol–water partition coefficient (Wildman–Crippen LogP) is 3.29. The number of pyridine rings is 1. The van der Waals surface area contributed by atoms with Crippen LogP contribution in [0.3, 0.4) is 0 Å². The van der Waals surface area contributed by atoms with Crippen molar-refractivity contribution in [2.24, 2.45) is 0 Å². The molecule has 0 bridgehead atoms. The molecule has 7 nitrogen and oxygen atoms in total. The number of ether oxygens (including phenoxy) is 1. The summed E-state index contributed by atoms with van der Waals surface area (Å²) < 4.78 is 5.46. The van der Waals surface area contributed by atoms with Crippen molar-refractivity contribution in [3.8, 4) is 0 Å². The van der Waals surface area contributed by atoms with E-state index in [0.717, 1.165) is 5.56 Å². The van der Waals surface area contributed by atoms with Gasteiger partial charge in [-0.2, -0.15) is 0 Å². The second-order valence-corrected chi connectivity index (χ2v) is 7.46. The molecule has 1 unspecified atom stereocenters. The number of aliphatic hydroxyl groups excluding tert-OH is 1. The monoisotopic (exact) mass is 386 g/mol. The second-order valence-electron chi connectivity index (χ2n) is 7.46. The predicted molar refractivity (Wildman–Crippen MR) is 104 cm³/mol. The molecule has 0 aliphatic carbocycles. The number of carboxylic acid groups (broad SMARTS) is 1. The minimum Gasteiger partial charge on any atom is -0.477 e. The SMILES string of the molecule is CC(C)(C)OC(=O)N(CCc1ccc(C(=O)O)nc1)CC(O)c1ccccc1. The van der Waals surface area contributed by atoms with E-state index < -0.39 is 23.8 Å². The van der Waals surface area contributed by atoms with Crippen molar-refractivity contribution < 1.29 is 24.5 Å². The van der Waals surface area contributed by atoms with Gasteiger partial charge in [-0.15, -0.1) is 0 Å². The lowest BCUT2D eigenvalue weighted by Gasteiger charge is -2.29. The van der Waals surface area contributed by atoms with Gasteiger partial charge >= 0.3 is 12.1 Å². The Morgan fingerprint density at radius 3 is 2.36 bits per heavy atom. The highest BCUT2D eigenvalue weighted by molar-refractivity contribution is 5.85. The Labute approximate surface area is 164 Å². The minimum absolute atomic E-state index is 0.0350. The van der Waals surface area contributed by atoms with E-state index in [1.165, 1.54) is 17.2 Å². The van der Waals surface area contributed by atoms with Crippen molar-refractivity contribution in [1.82, 2.24) is 9.88 Å². The number of nitrogens with zero attached hydrogens (tertiary/aromatic N) is 2. The number of aromatic nitrogens is 1. The molecule has 0 saturated carbocycles. The van der Waals surface area contributed by atoms with Crippen molar-refractivity contribution >= 4 is 12.1 Å². The summed E-state index contributed by atoms with van der Waals surface area (Å²) in [5, 5.41) is 19.4. The third-order valence-electron chi connectivity index (χ3n) is 3.94. The number of carbonyl (C=O) groups excluding carboxylic acids is 1. The van der Waals surface area contributed by atoms with E-state index in [-0.39, 0.29) is 12.2 Å². The van der Waals surface area contributed by atoms with Crippen molar-refractivity contribution in [2.45, 2.75) is 38.9 Å². The van der Waals surface area contributed by atoms with Crippen LogP contribution >= 0.6 is 0 Å². The van der Waals surface area contributed by atoms with Gasteiger partial charge in [0.15, 0.2) is 0 Å². The average molecular weight is 386 g/mol. The molecular formula is C21H26N2O5. The Balaban J connectivity index is 2.08. The van der Waals surface area contributed by atoms with E-state index in [9.17, 15) is 14.7 Å². The van der Waals surface area contributed by atoms with Crippen LogP contribution in [0.1, 0.15) is 48.5 Å². The fourth-order valence-corrected chi connectivity index (χ4v) is 2.54. The molecule has 1 amide bonds. The number of amides is 1. The molecule has 0 aliphatic heterocycles. The number of hydrogen-bond donors (Lipinski definition) is 2. The molecule has 28 heavy (non-hydrogen) atoms. The summed E-state index contributed by atoms with van der Waals surface area (Å²) in [5.74, 6) is -1.09. The van der Waals surface area contributed by atoms with Crippen LogP contribution in [0.2, 0.25) is 0 Å². The van der Waals surface area contributed by atoms with E-state index in [2.05, 4.69) is 4.98 Å². The standard InChI is InChI=1S/C21H26N2O5/c1-21(2,3)28-20(27)23(14-18(24)16-7-5-4-6-8-16)12-11-15-9-10-17(19(25)26)22-13-15/h4-10,13,18,24H,11-12,14H2,1-3H3,(H,25,26). The van der Waals surface area contributed by atoms with Crippen LogP contribution in [0.15, 0.2) is 48.7 Å². The number of hydrogen-bond acceptors (Lipinski definition) is 5. The molecule has 1 aromatic heterocycles. The van der Waals surface area contributed by atoms with Gasteiger partial charge in [-0.1, -0.05) is 36.4 Å². The Hall–Kier alpha value is -2.93. The first kappa shape index (κ1) is 21.4. The van der Waals surface area contributed by atoms with Gasteiger partial charge in [0.2, 0.25) is 0 Å². The van der Waals surface area contributed by atoms with Crippen LogP contribution in [0.25, 0.3) is 0 Å². The Morgan fingerprint density at radius 2 is 1.82 bits per heavy atom. The van der Waals surface area contributed by atoms with Crippen molar-refractivity contribution in [3.05, 3.63) is 65.5 Å². The Morgan fingerprint density at radius 1 is 1.14 bits per heavy atom. The molecule has 2 aromatic rings. The number of rotatable bonds is 7. The summed E-state index contributed by atoms with van der Waals surface area (Å²) in [6.45, 7) is 5.73. The van der Waals surface area contributed by atoms with Gasteiger partial charge in [-0.25, -0.2) is 14.6 Å². The number of aliphatic hydroxyl groups is 1. The van der Waals surface area contributed by atoms with Crippen LogP contribution in [0, 0.1) is 0 Å². The van der Waals surface area contributed by atoms with Crippen molar-refractivity contribution in [1.29, 1.82) is 0 Å². The first-order valence-corrected chi connectivity index (χ1v) is 9.05.